The molecule has 0 aliphatic heterocycles. The van der Waals surface area contributed by atoms with E-state index in [1.807, 2.05) is 6.92 Å². The molecule has 9 nitrogen and oxygen atoms in total. The molecule has 1 unspecified atom stereocenters. The van der Waals surface area contributed by atoms with Crippen LogP contribution in [0.15, 0.2) is 36.4 Å². The van der Waals surface area contributed by atoms with Crippen molar-refractivity contribution in [3.63, 3.8) is 0 Å². The summed E-state index contributed by atoms with van der Waals surface area (Å²) >= 11 is 0. The molecule has 3 rings (SSSR count). The molecule has 0 aliphatic carbocycles. The second-order valence-corrected chi connectivity index (χ2v) is 6.68. The quantitative estimate of drug-likeness (QED) is 0.483. The maximum Gasteiger partial charge on any atom is 0.390 e. The Kier molecular flexibility index (Phi) is 5.71. The topological polar surface area (TPSA) is 108 Å². The van der Waals surface area contributed by atoms with Gasteiger partial charge in [0.15, 0.2) is 11.9 Å². The molecule has 152 valence electrons. The number of amides is 1. The number of halogens is 1. The summed E-state index contributed by atoms with van der Waals surface area (Å²) in [4.78, 5) is 23.1. The number of rotatable bonds is 7. The Labute approximate surface area is 166 Å². The van der Waals surface area contributed by atoms with E-state index < -0.39 is 11.0 Å². The Morgan fingerprint density at radius 3 is 2.59 bits per heavy atom. The van der Waals surface area contributed by atoms with Crippen molar-refractivity contribution in [3.05, 3.63) is 69.3 Å². The lowest BCUT2D eigenvalue weighted by Gasteiger charge is -2.13. The Morgan fingerprint density at radius 1 is 1.24 bits per heavy atom. The second-order valence-electron chi connectivity index (χ2n) is 6.68. The van der Waals surface area contributed by atoms with Crippen molar-refractivity contribution in [2.24, 2.45) is 0 Å². The maximum atomic E-state index is 13.9. The van der Waals surface area contributed by atoms with Crippen LogP contribution in [-0.4, -0.2) is 30.4 Å². The van der Waals surface area contributed by atoms with Crippen LogP contribution in [0.5, 0.6) is 0 Å². The molecule has 1 N–H and O–H groups in total. The molecule has 0 radical (unpaired) electrons. The minimum Gasteiger partial charge on any atom is -0.358 e. The first kappa shape index (κ1) is 20.2. The minimum absolute atomic E-state index is 0.232. The molecule has 0 saturated carbocycles. The molecule has 3 aromatic rings. The number of aryl methyl sites for hydroxylation is 2. The summed E-state index contributed by atoms with van der Waals surface area (Å²) in [7, 11) is 0. The van der Waals surface area contributed by atoms with Gasteiger partial charge in [0, 0.05) is 17.3 Å². The van der Waals surface area contributed by atoms with Crippen molar-refractivity contribution in [1.29, 1.82) is 0 Å². The van der Waals surface area contributed by atoms with Crippen LogP contribution in [0.3, 0.4) is 0 Å². The average Bonchev–Trinajstić information content (AvgIpc) is 3.21. The van der Waals surface area contributed by atoms with Gasteiger partial charge in [0.2, 0.25) is 0 Å². The standard InChI is InChI=1S/C19H21FN6O3/c1-4-16(25-13(3)10-18(23-25)26(28)29)19(27)21-17-9-12(2)24(22-17)11-14-7-5-6-8-15(14)20/h5-10,16H,4,11H2,1-3H3,(H,21,22,27). The predicted octanol–water partition coefficient (Wildman–Crippen LogP) is 3.38. The molecule has 1 aromatic carbocycles. The molecule has 2 heterocycles. The van der Waals surface area contributed by atoms with Crippen LogP contribution in [0.25, 0.3) is 0 Å². The molecule has 1 amide bonds. The third-order valence-corrected chi connectivity index (χ3v) is 4.59. The number of carbonyl (C=O) groups is 1. The van der Waals surface area contributed by atoms with Crippen molar-refractivity contribution >= 4 is 17.5 Å². The van der Waals surface area contributed by atoms with Gasteiger partial charge in [-0.25, -0.2) is 4.39 Å². The zero-order chi connectivity index (χ0) is 21.1. The maximum absolute atomic E-state index is 13.9. The highest BCUT2D eigenvalue weighted by molar-refractivity contribution is 5.92. The third-order valence-electron chi connectivity index (χ3n) is 4.59. The number of hydrogen-bond donors (Lipinski definition) is 1. The zero-order valence-electron chi connectivity index (χ0n) is 16.3. The predicted molar refractivity (Wildman–Crippen MR) is 104 cm³/mol. The van der Waals surface area contributed by atoms with Crippen LogP contribution in [-0.2, 0) is 11.3 Å². The molecular weight excluding hydrogens is 379 g/mol. The molecule has 0 saturated heterocycles. The van der Waals surface area contributed by atoms with E-state index in [2.05, 4.69) is 15.5 Å². The molecule has 0 bridgehead atoms. The van der Waals surface area contributed by atoms with E-state index in [1.165, 1.54) is 16.8 Å². The fourth-order valence-electron chi connectivity index (χ4n) is 3.07. The average molecular weight is 400 g/mol. The summed E-state index contributed by atoms with van der Waals surface area (Å²) in [6.07, 6.45) is 0.389. The fraction of sp³-hybridized carbons (Fsp3) is 0.316. The minimum atomic E-state index is -0.722. The van der Waals surface area contributed by atoms with Crippen LogP contribution < -0.4 is 5.32 Å². The van der Waals surface area contributed by atoms with Crippen LogP contribution in [0.2, 0.25) is 0 Å². The highest BCUT2D eigenvalue weighted by atomic mass is 19.1. The van der Waals surface area contributed by atoms with Gasteiger partial charge in [-0.15, -0.1) is 0 Å². The van der Waals surface area contributed by atoms with E-state index in [1.54, 1.807) is 42.8 Å². The van der Waals surface area contributed by atoms with Gasteiger partial charge in [-0.1, -0.05) is 25.1 Å². The smallest absolute Gasteiger partial charge is 0.358 e. The monoisotopic (exact) mass is 400 g/mol. The van der Waals surface area contributed by atoms with Crippen LogP contribution in [0, 0.1) is 29.8 Å². The highest BCUT2D eigenvalue weighted by Crippen LogP contribution is 2.21. The Balaban J connectivity index is 1.78. The Morgan fingerprint density at radius 2 is 1.97 bits per heavy atom. The van der Waals surface area contributed by atoms with Crippen LogP contribution in [0.4, 0.5) is 16.0 Å². The number of hydrogen-bond acceptors (Lipinski definition) is 5. The van der Waals surface area contributed by atoms with E-state index in [0.29, 0.717) is 23.5 Å². The third kappa shape index (κ3) is 4.31. The lowest BCUT2D eigenvalue weighted by Crippen LogP contribution is -2.27. The molecule has 0 spiro atoms. The molecule has 10 heteroatoms. The van der Waals surface area contributed by atoms with Crippen molar-refractivity contribution < 1.29 is 14.1 Å². The van der Waals surface area contributed by atoms with Gasteiger partial charge in [-0.05, 0) is 31.3 Å². The summed E-state index contributed by atoms with van der Waals surface area (Å²) in [6.45, 7) is 5.49. The van der Waals surface area contributed by atoms with Gasteiger partial charge in [-0.2, -0.15) is 9.78 Å². The number of nitro groups is 1. The normalized spacial score (nSPS) is 12.0. The molecular formula is C19H21FN6O3. The summed E-state index contributed by atoms with van der Waals surface area (Å²) in [5.41, 5.74) is 1.75. The number of aromatic nitrogens is 4. The van der Waals surface area contributed by atoms with Gasteiger partial charge in [-0.3, -0.25) is 9.48 Å². The van der Waals surface area contributed by atoms with Crippen molar-refractivity contribution in [2.75, 3.05) is 5.32 Å². The van der Waals surface area contributed by atoms with Crippen molar-refractivity contribution in [2.45, 2.75) is 39.8 Å². The van der Waals surface area contributed by atoms with Gasteiger partial charge in [0.1, 0.15) is 5.82 Å². The Bertz CT molecular complexity index is 1060. The Hall–Kier alpha value is -3.56. The molecule has 0 fully saturated rings. The van der Waals surface area contributed by atoms with Crippen LogP contribution >= 0.6 is 0 Å². The van der Waals surface area contributed by atoms with E-state index in [-0.39, 0.29) is 24.1 Å². The van der Waals surface area contributed by atoms with Gasteiger partial charge in [0.05, 0.1) is 23.4 Å². The SMILES string of the molecule is CCC(C(=O)Nc1cc(C)n(Cc2ccccc2F)n1)n1nc([N+](=O)[O-])cc1C. The first-order valence-electron chi connectivity index (χ1n) is 9.09. The second kappa shape index (κ2) is 8.21. The van der Waals surface area contributed by atoms with E-state index >= 15 is 0 Å². The van der Waals surface area contributed by atoms with Crippen molar-refractivity contribution in [3.8, 4) is 0 Å². The highest BCUT2D eigenvalue weighted by Gasteiger charge is 2.27. The summed E-state index contributed by atoms with van der Waals surface area (Å²) in [5, 5.41) is 21.9. The number of anilines is 1. The lowest BCUT2D eigenvalue weighted by molar-refractivity contribution is -0.389. The largest absolute Gasteiger partial charge is 0.390 e. The summed E-state index contributed by atoms with van der Waals surface area (Å²) in [5.74, 6) is -0.695. The number of nitrogens with one attached hydrogen (secondary N) is 1. The van der Waals surface area contributed by atoms with Crippen LogP contribution in [0.1, 0.15) is 36.3 Å². The first-order chi connectivity index (χ1) is 13.8. The number of carbonyl (C=O) groups excluding carboxylic acids is 1. The molecule has 0 aliphatic rings. The first-order valence-corrected chi connectivity index (χ1v) is 9.09. The van der Waals surface area contributed by atoms with E-state index in [9.17, 15) is 19.3 Å². The van der Waals surface area contributed by atoms with Gasteiger partial charge < -0.3 is 15.4 Å². The van der Waals surface area contributed by atoms with Gasteiger partial charge >= 0.3 is 5.82 Å². The van der Waals surface area contributed by atoms with E-state index in [4.69, 9.17) is 0 Å². The summed E-state index contributed by atoms with van der Waals surface area (Å²) in [6, 6.07) is 8.71. The van der Waals surface area contributed by atoms with E-state index in [0.717, 1.165) is 5.69 Å². The molecule has 29 heavy (non-hydrogen) atoms. The summed E-state index contributed by atoms with van der Waals surface area (Å²) < 4.78 is 16.8. The number of benzene rings is 1. The molecule has 1 atom stereocenters. The fourth-order valence-corrected chi connectivity index (χ4v) is 3.07. The molecule has 2 aromatic heterocycles. The lowest BCUT2D eigenvalue weighted by atomic mass is 10.2. The van der Waals surface area contributed by atoms with Gasteiger partial charge in [0.25, 0.3) is 5.91 Å². The van der Waals surface area contributed by atoms with Crippen molar-refractivity contribution in [1.82, 2.24) is 19.6 Å². The number of nitrogens with zero attached hydrogens (tertiary/aromatic N) is 5. The zero-order valence-corrected chi connectivity index (χ0v) is 16.3.